The molecule has 2 atom stereocenters. The van der Waals surface area contributed by atoms with Crippen molar-refractivity contribution in [1.82, 2.24) is 5.32 Å². The zero-order valence-corrected chi connectivity index (χ0v) is 11.8. The Kier molecular flexibility index (Phi) is 8.90. The summed E-state index contributed by atoms with van der Waals surface area (Å²) < 4.78 is 14.9. The number of amidine groups is 1. The highest BCUT2D eigenvalue weighted by Gasteiger charge is 2.22. The molecule has 17 heavy (non-hydrogen) atoms. The van der Waals surface area contributed by atoms with Crippen molar-refractivity contribution < 1.29 is 19.1 Å². The topological polar surface area (TPSA) is 103 Å². The highest BCUT2D eigenvalue weighted by molar-refractivity contribution is 7.80. The number of aliphatic hydroxyl groups is 1. The normalized spacial score (nSPS) is 16.2. The Bertz CT molecular complexity index is 263. The van der Waals surface area contributed by atoms with Crippen LogP contribution in [0.1, 0.15) is 32.6 Å². The van der Waals surface area contributed by atoms with E-state index in [-0.39, 0.29) is 6.42 Å². The second-order valence-corrected chi connectivity index (χ2v) is 5.06. The van der Waals surface area contributed by atoms with Crippen molar-refractivity contribution >= 4 is 26.7 Å². The Morgan fingerprint density at radius 3 is 2.76 bits per heavy atom. The van der Waals surface area contributed by atoms with Gasteiger partial charge in [-0.15, -0.1) is 0 Å². The van der Waals surface area contributed by atoms with Gasteiger partial charge in [-0.2, -0.15) is 12.6 Å². The summed E-state index contributed by atoms with van der Waals surface area (Å²) in [5, 5.41) is 20.0. The van der Waals surface area contributed by atoms with E-state index in [1.807, 2.05) is 0 Å². The van der Waals surface area contributed by atoms with Gasteiger partial charge in [0.1, 0.15) is 0 Å². The van der Waals surface area contributed by atoms with Gasteiger partial charge in [0.25, 0.3) is 0 Å². The zero-order chi connectivity index (χ0) is 13.3. The molecule has 0 heterocycles. The van der Waals surface area contributed by atoms with Crippen molar-refractivity contribution in [3.8, 4) is 0 Å². The van der Waals surface area contributed by atoms with Crippen molar-refractivity contribution in [2.24, 2.45) is 0 Å². The van der Waals surface area contributed by atoms with E-state index < -0.39 is 14.0 Å². The van der Waals surface area contributed by atoms with E-state index in [0.29, 0.717) is 25.2 Å². The van der Waals surface area contributed by atoms with Gasteiger partial charge in [-0.05, 0) is 25.5 Å². The summed E-state index contributed by atoms with van der Waals surface area (Å²) in [6.07, 6.45) is 2.28. The van der Waals surface area contributed by atoms with Crippen LogP contribution >= 0.6 is 20.9 Å². The summed E-state index contributed by atoms with van der Waals surface area (Å²) in [7, 11) is -3.13. The Morgan fingerprint density at radius 2 is 2.24 bits per heavy atom. The lowest BCUT2D eigenvalue weighted by atomic mass is 10.2. The van der Waals surface area contributed by atoms with Gasteiger partial charge in [0.15, 0.2) is 5.79 Å². The van der Waals surface area contributed by atoms with Crippen LogP contribution in [0.25, 0.3) is 0 Å². The van der Waals surface area contributed by atoms with E-state index >= 15 is 0 Å². The molecule has 0 aliphatic rings. The third-order valence-electron chi connectivity index (χ3n) is 2.05. The molecule has 0 rings (SSSR count). The van der Waals surface area contributed by atoms with E-state index in [9.17, 15) is 9.67 Å². The molecule has 0 amide bonds. The van der Waals surface area contributed by atoms with Gasteiger partial charge >= 0.3 is 8.25 Å². The zero-order valence-electron chi connectivity index (χ0n) is 9.90. The molecule has 102 valence electrons. The Balaban J connectivity index is 3.62. The van der Waals surface area contributed by atoms with Gasteiger partial charge in [-0.25, -0.2) is 0 Å². The lowest BCUT2D eigenvalue weighted by Gasteiger charge is -2.21. The Labute approximate surface area is 108 Å². The fraction of sp³-hybridized carbons (Fsp3) is 0.889. The Morgan fingerprint density at radius 1 is 1.59 bits per heavy atom. The fourth-order valence-corrected chi connectivity index (χ4v) is 1.88. The minimum atomic E-state index is -3.13. The minimum absolute atomic E-state index is 0.233. The maximum absolute atomic E-state index is 10.4. The van der Waals surface area contributed by atoms with Crippen LogP contribution < -0.4 is 5.32 Å². The van der Waals surface area contributed by atoms with Gasteiger partial charge in [0.2, 0.25) is 0 Å². The van der Waals surface area contributed by atoms with Crippen molar-refractivity contribution in [2.75, 3.05) is 12.3 Å². The summed E-state index contributed by atoms with van der Waals surface area (Å²) in [5.74, 6) is -0.396. The standard InChI is InChI=1S/C9H21N2O4PS/c1-9(12,15-16(13)14)5-3-6-11-8(10)4-2-7-17/h12,16-17H,2-7H2,1H3,(H2,10,11)(H,13,14). The first-order valence-electron chi connectivity index (χ1n) is 5.44. The lowest BCUT2D eigenvalue weighted by Crippen LogP contribution is -2.29. The molecule has 0 saturated heterocycles. The number of hydrogen-bond donors (Lipinski definition) is 5. The number of thiol groups is 1. The van der Waals surface area contributed by atoms with Crippen LogP contribution in [0.3, 0.4) is 0 Å². The van der Waals surface area contributed by atoms with E-state index in [4.69, 9.17) is 10.3 Å². The van der Waals surface area contributed by atoms with Gasteiger partial charge in [0, 0.05) is 19.4 Å². The van der Waals surface area contributed by atoms with Crippen molar-refractivity contribution in [3.05, 3.63) is 0 Å². The highest BCUT2D eigenvalue weighted by atomic mass is 32.1. The van der Waals surface area contributed by atoms with Crippen molar-refractivity contribution in [2.45, 2.75) is 38.4 Å². The average Bonchev–Trinajstić information content (AvgIpc) is 2.19. The summed E-state index contributed by atoms with van der Waals surface area (Å²) in [4.78, 5) is 8.54. The van der Waals surface area contributed by atoms with Crippen molar-refractivity contribution in [3.63, 3.8) is 0 Å². The van der Waals surface area contributed by atoms with E-state index in [1.54, 1.807) is 0 Å². The third kappa shape index (κ3) is 10.8. The maximum atomic E-state index is 10.4. The molecule has 0 aliphatic heterocycles. The predicted molar refractivity (Wildman–Crippen MR) is 71.0 cm³/mol. The molecule has 0 bridgehead atoms. The quantitative estimate of drug-likeness (QED) is 0.109. The summed E-state index contributed by atoms with van der Waals surface area (Å²) in [5.41, 5.74) is 0. The van der Waals surface area contributed by atoms with Gasteiger partial charge in [-0.1, -0.05) is 0 Å². The van der Waals surface area contributed by atoms with Crippen LogP contribution in [-0.4, -0.2) is 33.9 Å². The summed E-state index contributed by atoms with van der Waals surface area (Å²) in [6.45, 7) is 1.87. The second-order valence-electron chi connectivity index (χ2n) is 3.88. The van der Waals surface area contributed by atoms with Crippen LogP contribution in [0.4, 0.5) is 0 Å². The average molecular weight is 284 g/mol. The first-order valence-corrected chi connectivity index (χ1v) is 7.33. The number of hydrogen-bond acceptors (Lipinski definition) is 5. The van der Waals surface area contributed by atoms with Crippen LogP contribution in [0.5, 0.6) is 0 Å². The third-order valence-corrected chi connectivity index (χ3v) is 2.98. The first-order chi connectivity index (χ1) is 7.87. The maximum Gasteiger partial charge on any atom is 0.319 e. The smallest absolute Gasteiger partial charge is 0.319 e. The summed E-state index contributed by atoms with van der Waals surface area (Å²) in [6, 6.07) is 0. The predicted octanol–water partition coefficient (Wildman–Crippen LogP) is 1.15. The molecule has 0 aromatic rings. The molecule has 2 unspecified atom stereocenters. The van der Waals surface area contributed by atoms with Crippen LogP contribution in [0, 0.1) is 5.41 Å². The molecule has 0 spiro atoms. The van der Waals surface area contributed by atoms with E-state index in [2.05, 4.69) is 22.5 Å². The molecule has 0 aromatic carbocycles. The molecule has 0 aromatic heterocycles. The molecular weight excluding hydrogens is 263 g/mol. The fourth-order valence-electron chi connectivity index (χ4n) is 1.24. The van der Waals surface area contributed by atoms with Crippen molar-refractivity contribution in [1.29, 1.82) is 5.41 Å². The van der Waals surface area contributed by atoms with Crippen LogP contribution in [0.15, 0.2) is 0 Å². The largest absolute Gasteiger partial charge is 0.374 e. The van der Waals surface area contributed by atoms with Crippen LogP contribution in [0.2, 0.25) is 0 Å². The summed E-state index contributed by atoms with van der Waals surface area (Å²) >= 11 is 4.05. The van der Waals surface area contributed by atoms with Gasteiger partial charge < -0.3 is 15.3 Å². The van der Waals surface area contributed by atoms with Gasteiger partial charge in [-0.3, -0.25) is 14.5 Å². The second kappa shape index (κ2) is 8.94. The molecule has 0 saturated carbocycles. The van der Waals surface area contributed by atoms with E-state index in [0.717, 1.165) is 12.2 Å². The Hall–Kier alpha value is -0.0700. The molecule has 6 nitrogen and oxygen atoms in total. The number of nitrogens with one attached hydrogen (secondary N) is 2. The molecule has 8 heteroatoms. The van der Waals surface area contributed by atoms with Gasteiger partial charge in [0.05, 0.1) is 5.84 Å². The molecule has 0 radical (unpaired) electrons. The molecular formula is C9H21N2O4PS. The SMILES string of the molecule is CC(O)(CCCNC(=N)CCCS)O[PH](=O)O. The molecule has 4 N–H and O–H groups in total. The first kappa shape index (κ1) is 16.9. The monoisotopic (exact) mass is 284 g/mol. The molecule has 0 fully saturated rings. The van der Waals surface area contributed by atoms with Crippen LogP contribution in [-0.2, 0) is 9.09 Å². The molecule has 0 aliphatic carbocycles. The lowest BCUT2D eigenvalue weighted by molar-refractivity contribution is -0.127. The minimum Gasteiger partial charge on any atom is -0.374 e. The number of rotatable bonds is 9. The van der Waals surface area contributed by atoms with E-state index in [1.165, 1.54) is 6.92 Å². The highest BCUT2D eigenvalue weighted by Crippen LogP contribution is 2.27.